The van der Waals surface area contributed by atoms with E-state index in [1.165, 1.54) is 0 Å². The van der Waals surface area contributed by atoms with Gasteiger partial charge in [0, 0.05) is 29.2 Å². The average molecular weight is 384 g/mol. The summed E-state index contributed by atoms with van der Waals surface area (Å²) < 4.78 is 6.36. The topological polar surface area (TPSA) is 29.5 Å². The van der Waals surface area contributed by atoms with Crippen LogP contribution in [0.25, 0.3) is 10.8 Å². The van der Waals surface area contributed by atoms with Crippen molar-refractivity contribution in [2.75, 3.05) is 14.2 Å². The largest absolute Gasteiger partial charge is 0.496 e. The molecule has 3 aromatic rings. The highest BCUT2D eigenvalue weighted by Crippen LogP contribution is 2.25. The number of hydrogen-bond donors (Lipinski definition) is 0. The highest BCUT2D eigenvalue weighted by molar-refractivity contribution is 9.10. The van der Waals surface area contributed by atoms with E-state index in [-0.39, 0.29) is 5.91 Å². The summed E-state index contributed by atoms with van der Waals surface area (Å²) in [5.41, 5.74) is 1.67. The molecule has 122 valence electrons. The Morgan fingerprint density at radius 2 is 1.83 bits per heavy atom. The Labute approximate surface area is 150 Å². The molecular weight excluding hydrogens is 366 g/mol. The third-order valence-electron chi connectivity index (χ3n) is 4.02. The molecule has 0 N–H and O–H groups in total. The van der Waals surface area contributed by atoms with Crippen LogP contribution in [0.15, 0.2) is 65.1 Å². The number of rotatable bonds is 4. The van der Waals surface area contributed by atoms with Gasteiger partial charge in [0.05, 0.1) is 7.11 Å². The van der Waals surface area contributed by atoms with Crippen molar-refractivity contribution in [2.45, 2.75) is 6.54 Å². The number of ether oxygens (including phenoxy) is 1. The lowest BCUT2D eigenvalue weighted by atomic mass is 10.0. The second kappa shape index (κ2) is 7.05. The number of fused-ring (bicyclic) bond motifs is 1. The molecular formula is C20H18BrNO2. The predicted octanol–water partition coefficient (Wildman–Crippen LogP) is 4.88. The Morgan fingerprint density at radius 1 is 1.08 bits per heavy atom. The first kappa shape index (κ1) is 16.5. The zero-order valence-corrected chi connectivity index (χ0v) is 15.2. The molecule has 0 aromatic heterocycles. The molecule has 3 rings (SSSR count). The van der Waals surface area contributed by atoms with E-state index in [9.17, 15) is 4.79 Å². The highest BCUT2D eigenvalue weighted by Gasteiger charge is 2.16. The van der Waals surface area contributed by atoms with Gasteiger partial charge in [-0.05, 0) is 35.0 Å². The molecule has 0 aliphatic rings. The summed E-state index contributed by atoms with van der Waals surface area (Å²) in [6, 6.07) is 19.5. The van der Waals surface area contributed by atoms with E-state index in [1.807, 2.05) is 67.7 Å². The van der Waals surface area contributed by atoms with Crippen LogP contribution in [-0.2, 0) is 6.54 Å². The number of amides is 1. The fraction of sp³-hybridized carbons (Fsp3) is 0.150. The van der Waals surface area contributed by atoms with Crippen molar-refractivity contribution in [2.24, 2.45) is 0 Å². The van der Waals surface area contributed by atoms with Crippen LogP contribution in [-0.4, -0.2) is 25.0 Å². The molecule has 3 nitrogen and oxygen atoms in total. The number of methoxy groups -OCH3 is 1. The first-order valence-corrected chi connectivity index (χ1v) is 8.45. The molecule has 0 saturated carbocycles. The van der Waals surface area contributed by atoms with Crippen LogP contribution in [0.3, 0.4) is 0 Å². The SMILES string of the molecule is COc1ccc(Br)cc1CN(C)C(=O)c1cccc2ccccc12. The summed E-state index contributed by atoms with van der Waals surface area (Å²) in [6.07, 6.45) is 0. The predicted molar refractivity (Wildman–Crippen MR) is 100 cm³/mol. The van der Waals surface area contributed by atoms with Crippen LogP contribution in [0.2, 0.25) is 0 Å². The van der Waals surface area contributed by atoms with Crippen molar-refractivity contribution in [1.82, 2.24) is 4.90 Å². The van der Waals surface area contributed by atoms with Crippen LogP contribution in [0, 0.1) is 0 Å². The molecule has 0 fully saturated rings. The third kappa shape index (κ3) is 3.29. The Bertz CT molecular complexity index is 886. The van der Waals surface area contributed by atoms with Crippen LogP contribution < -0.4 is 4.74 Å². The van der Waals surface area contributed by atoms with Crippen LogP contribution in [0.1, 0.15) is 15.9 Å². The highest BCUT2D eigenvalue weighted by atomic mass is 79.9. The van der Waals surface area contributed by atoms with Crippen LogP contribution >= 0.6 is 15.9 Å². The molecule has 0 unspecified atom stereocenters. The van der Waals surface area contributed by atoms with Gasteiger partial charge >= 0.3 is 0 Å². The van der Waals surface area contributed by atoms with Crippen molar-refractivity contribution >= 4 is 32.6 Å². The zero-order chi connectivity index (χ0) is 17.1. The van der Waals surface area contributed by atoms with Crippen molar-refractivity contribution in [3.8, 4) is 5.75 Å². The average Bonchev–Trinajstić information content (AvgIpc) is 2.61. The van der Waals surface area contributed by atoms with E-state index in [4.69, 9.17) is 4.74 Å². The summed E-state index contributed by atoms with van der Waals surface area (Å²) in [4.78, 5) is 14.6. The van der Waals surface area contributed by atoms with Crippen molar-refractivity contribution in [3.05, 3.63) is 76.3 Å². The summed E-state index contributed by atoms with van der Waals surface area (Å²) in [7, 11) is 3.45. The van der Waals surface area contributed by atoms with E-state index in [0.29, 0.717) is 12.1 Å². The monoisotopic (exact) mass is 383 g/mol. The third-order valence-corrected chi connectivity index (χ3v) is 4.51. The summed E-state index contributed by atoms with van der Waals surface area (Å²) >= 11 is 3.47. The molecule has 0 heterocycles. The second-order valence-corrected chi connectivity index (χ2v) is 6.56. The number of halogens is 1. The summed E-state index contributed by atoms with van der Waals surface area (Å²) in [5, 5.41) is 2.04. The second-order valence-electron chi connectivity index (χ2n) is 5.64. The van der Waals surface area contributed by atoms with E-state index < -0.39 is 0 Å². The Kier molecular flexibility index (Phi) is 4.86. The lowest BCUT2D eigenvalue weighted by Crippen LogP contribution is -2.26. The molecule has 0 atom stereocenters. The van der Waals surface area contributed by atoms with Gasteiger partial charge in [0.25, 0.3) is 5.91 Å². The van der Waals surface area contributed by atoms with Gasteiger partial charge in [-0.1, -0.05) is 52.3 Å². The minimum Gasteiger partial charge on any atom is -0.496 e. The molecule has 24 heavy (non-hydrogen) atoms. The van der Waals surface area contributed by atoms with Crippen LogP contribution in [0.4, 0.5) is 0 Å². The summed E-state index contributed by atoms with van der Waals surface area (Å²) in [5.74, 6) is 0.768. The van der Waals surface area contributed by atoms with Gasteiger partial charge in [-0.25, -0.2) is 0 Å². The number of carbonyl (C=O) groups is 1. The molecule has 0 saturated heterocycles. The maximum Gasteiger partial charge on any atom is 0.254 e. The minimum absolute atomic E-state index is 0.00571. The smallest absolute Gasteiger partial charge is 0.254 e. The molecule has 4 heteroatoms. The Morgan fingerprint density at radius 3 is 2.62 bits per heavy atom. The van der Waals surface area contributed by atoms with Gasteiger partial charge in [-0.3, -0.25) is 4.79 Å². The fourth-order valence-corrected chi connectivity index (χ4v) is 3.22. The molecule has 0 radical (unpaired) electrons. The quantitative estimate of drug-likeness (QED) is 0.642. The Balaban J connectivity index is 1.91. The lowest BCUT2D eigenvalue weighted by Gasteiger charge is -2.20. The lowest BCUT2D eigenvalue weighted by molar-refractivity contribution is 0.0786. The van der Waals surface area contributed by atoms with Crippen molar-refractivity contribution < 1.29 is 9.53 Å². The molecule has 1 amide bonds. The van der Waals surface area contributed by atoms with Gasteiger partial charge in [0.2, 0.25) is 0 Å². The molecule has 0 spiro atoms. The van der Waals surface area contributed by atoms with Gasteiger partial charge < -0.3 is 9.64 Å². The van der Waals surface area contributed by atoms with Crippen molar-refractivity contribution in [1.29, 1.82) is 0 Å². The van der Waals surface area contributed by atoms with E-state index in [1.54, 1.807) is 12.0 Å². The molecule has 3 aromatic carbocycles. The molecule has 0 aliphatic carbocycles. The minimum atomic E-state index is -0.00571. The number of benzene rings is 3. The van der Waals surface area contributed by atoms with Gasteiger partial charge in [0.1, 0.15) is 5.75 Å². The molecule has 0 aliphatic heterocycles. The fourth-order valence-electron chi connectivity index (χ4n) is 2.82. The normalized spacial score (nSPS) is 10.6. The van der Waals surface area contributed by atoms with E-state index in [0.717, 1.165) is 26.6 Å². The molecule has 0 bridgehead atoms. The van der Waals surface area contributed by atoms with Gasteiger partial charge in [0.15, 0.2) is 0 Å². The van der Waals surface area contributed by atoms with Crippen molar-refractivity contribution in [3.63, 3.8) is 0 Å². The Hall–Kier alpha value is -2.33. The number of carbonyl (C=O) groups excluding carboxylic acids is 1. The summed E-state index contributed by atoms with van der Waals surface area (Å²) in [6.45, 7) is 0.477. The first-order valence-electron chi connectivity index (χ1n) is 7.66. The standard InChI is InChI=1S/C20H18BrNO2/c1-22(13-15-12-16(21)10-11-19(15)24-2)20(23)18-9-5-7-14-6-3-4-8-17(14)18/h3-12H,13H2,1-2H3. The van der Waals surface area contributed by atoms with E-state index in [2.05, 4.69) is 15.9 Å². The first-order chi connectivity index (χ1) is 11.6. The van der Waals surface area contributed by atoms with Gasteiger partial charge in [-0.15, -0.1) is 0 Å². The van der Waals surface area contributed by atoms with Gasteiger partial charge in [-0.2, -0.15) is 0 Å². The maximum atomic E-state index is 12.9. The van der Waals surface area contributed by atoms with E-state index >= 15 is 0 Å². The zero-order valence-electron chi connectivity index (χ0n) is 13.6. The number of nitrogens with zero attached hydrogens (tertiary/aromatic N) is 1. The number of hydrogen-bond acceptors (Lipinski definition) is 2. The maximum absolute atomic E-state index is 12.9. The van der Waals surface area contributed by atoms with Crippen LogP contribution in [0.5, 0.6) is 5.75 Å².